The predicted molar refractivity (Wildman–Crippen MR) is 52.1 cm³/mol. The lowest BCUT2D eigenvalue weighted by Gasteiger charge is -2.03. The number of carbonyl (C=O) groups is 1. The van der Waals surface area contributed by atoms with E-state index in [1.165, 1.54) is 10.6 Å². The Labute approximate surface area is 81.1 Å². The van der Waals surface area contributed by atoms with E-state index in [9.17, 15) is 9.59 Å². The molecule has 0 bridgehead atoms. The van der Waals surface area contributed by atoms with Crippen molar-refractivity contribution in [1.82, 2.24) is 4.57 Å². The molecule has 0 atom stereocenters. The third-order valence-corrected chi connectivity index (χ3v) is 1.69. The minimum atomic E-state index is -0.994. The molecule has 0 amide bonds. The molecule has 0 fully saturated rings. The van der Waals surface area contributed by atoms with E-state index < -0.39 is 5.97 Å². The van der Waals surface area contributed by atoms with Gasteiger partial charge in [-0.25, -0.2) is 4.79 Å². The van der Waals surface area contributed by atoms with Gasteiger partial charge in [-0.2, -0.15) is 0 Å². The van der Waals surface area contributed by atoms with Crippen molar-refractivity contribution in [3.8, 4) is 0 Å². The third-order valence-electron chi connectivity index (χ3n) is 1.69. The maximum atomic E-state index is 11.2. The molecule has 0 aromatic carbocycles. The normalized spacial score (nSPS) is 11.4. The number of allylic oxidation sites excluding steroid dienone is 1. The van der Waals surface area contributed by atoms with Crippen LogP contribution in [0.3, 0.4) is 0 Å². The molecular formula is C10H11NO3. The predicted octanol–water partition coefficient (Wildman–Crippen LogP) is 0.879. The summed E-state index contributed by atoms with van der Waals surface area (Å²) in [6.45, 7) is 1.99. The molecule has 1 N–H and O–H groups in total. The molecule has 0 aliphatic carbocycles. The Balaban J connectivity index is 2.85. The number of aliphatic carboxylic acids is 1. The number of rotatable bonds is 3. The standard InChI is InChI=1S/C10H11NO3/c1-8(6-10(13)14)7-11-5-3-2-4-9(11)12/h2-6H,7H2,1H3,(H,13,14). The average molecular weight is 193 g/mol. The minimum absolute atomic E-state index is 0.134. The third kappa shape index (κ3) is 2.90. The Morgan fingerprint density at radius 2 is 2.29 bits per heavy atom. The topological polar surface area (TPSA) is 59.3 Å². The average Bonchev–Trinajstić information content (AvgIpc) is 2.07. The van der Waals surface area contributed by atoms with Crippen LogP contribution in [0.15, 0.2) is 40.8 Å². The van der Waals surface area contributed by atoms with E-state index in [-0.39, 0.29) is 5.56 Å². The van der Waals surface area contributed by atoms with Crippen LogP contribution in [0.25, 0.3) is 0 Å². The van der Waals surface area contributed by atoms with Gasteiger partial charge in [0.05, 0.1) is 0 Å². The summed E-state index contributed by atoms with van der Waals surface area (Å²) in [7, 11) is 0. The lowest BCUT2D eigenvalue weighted by molar-refractivity contribution is -0.131. The first-order valence-electron chi connectivity index (χ1n) is 4.15. The molecule has 1 rings (SSSR count). The Hall–Kier alpha value is -1.84. The number of carboxylic acid groups (broad SMARTS) is 1. The van der Waals surface area contributed by atoms with Crippen LogP contribution in [0.4, 0.5) is 0 Å². The van der Waals surface area contributed by atoms with Gasteiger partial charge < -0.3 is 9.67 Å². The number of aromatic nitrogens is 1. The van der Waals surface area contributed by atoms with Crippen molar-refractivity contribution in [2.75, 3.05) is 0 Å². The molecule has 4 nitrogen and oxygen atoms in total. The van der Waals surface area contributed by atoms with Gasteiger partial charge >= 0.3 is 5.97 Å². The fourth-order valence-corrected chi connectivity index (χ4v) is 1.12. The molecule has 14 heavy (non-hydrogen) atoms. The van der Waals surface area contributed by atoms with Crippen molar-refractivity contribution >= 4 is 5.97 Å². The van der Waals surface area contributed by atoms with Crippen LogP contribution >= 0.6 is 0 Å². The molecule has 0 unspecified atom stereocenters. The summed E-state index contributed by atoms with van der Waals surface area (Å²) in [5, 5.41) is 8.47. The van der Waals surface area contributed by atoms with Gasteiger partial charge in [0.15, 0.2) is 0 Å². The second kappa shape index (κ2) is 4.41. The van der Waals surface area contributed by atoms with Crippen LogP contribution in [0, 0.1) is 0 Å². The lowest BCUT2D eigenvalue weighted by atomic mass is 10.3. The number of carboxylic acids is 1. The highest BCUT2D eigenvalue weighted by Crippen LogP contribution is 1.95. The molecule has 4 heteroatoms. The molecule has 0 aliphatic heterocycles. The first kappa shape index (κ1) is 10.2. The summed E-state index contributed by atoms with van der Waals surface area (Å²) in [6.07, 6.45) is 2.72. The first-order valence-corrected chi connectivity index (χ1v) is 4.15. The Morgan fingerprint density at radius 1 is 1.57 bits per heavy atom. The van der Waals surface area contributed by atoms with E-state index in [1.807, 2.05) is 0 Å². The highest BCUT2D eigenvalue weighted by atomic mass is 16.4. The summed E-state index contributed by atoms with van der Waals surface area (Å²) in [6, 6.07) is 4.82. The fraction of sp³-hybridized carbons (Fsp3) is 0.200. The quantitative estimate of drug-likeness (QED) is 0.725. The van der Waals surface area contributed by atoms with E-state index in [0.29, 0.717) is 12.1 Å². The number of hydrogen-bond acceptors (Lipinski definition) is 2. The van der Waals surface area contributed by atoms with Crippen molar-refractivity contribution in [3.63, 3.8) is 0 Å². The van der Waals surface area contributed by atoms with Crippen molar-refractivity contribution in [1.29, 1.82) is 0 Å². The van der Waals surface area contributed by atoms with Gasteiger partial charge in [-0.3, -0.25) is 4.79 Å². The second-order valence-corrected chi connectivity index (χ2v) is 3.00. The van der Waals surface area contributed by atoms with E-state index in [2.05, 4.69) is 0 Å². The molecule has 0 saturated heterocycles. The van der Waals surface area contributed by atoms with Crippen LogP contribution in [0.2, 0.25) is 0 Å². The van der Waals surface area contributed by atoms with Gasteiger partial charge in [0, 0.05) is 24.9 Å². The van der Waals surface area contributed by atoms with Crippen LogP contribution in [0.5, 0.6) is 0 Å². The molecule has 0 aliphatic rings. The lowest BCUT2D eigenvalue weighted by Crippen LogP contribution is -2.18. The van der Waals surface area contributed by atoms with Gasteiger partial charge in [0.2, 0.25) is 0 Å². The molecule has 1 aromatic rings. The fourth-order valence-electron chi connectivity index (χ4n) is 1.12. The largest absolute Gasteiger partial charge is 0.478 e. The maximum absolute atomic E-state index is 11.2. The van der Waals surface area contributed by atoms with Crippen LogP contribution < -0.4 is 5.56 Å². The van der Waals surface area contributed by atoms with Gasteiger partial charge in [-0.05, 0) is 18.6 Å². The SMILES string of the molecule is CC(=CC(=O)O)Cn1ccccc1=O. The summed E-state index contributed by atoms with van der Waals surface area (Å²) >= 11 is 0. The molecule has 0 saturated carbocycles. The van der Waals surface area contributed by atoms with Crippen LogP contribution in [-0.4, -0.2) is 15.6 Å². The highest BCUT2D eigenvalue weighted by molar-refractivity contribution is 5.80. The van der Waals surface area contributed by atoms with Crippen LogP contribution in [-0.2, 0) is 11.3 Å². The summed E-state index contributed by atoms with van der Waals surface area (Å²) < 4.78 is 1.45. The summed E-state index contributed by atoms with van der Waals surface area (Å²) in [5.74, 6) is -0.994. The zero-order valence-electron chi connectivity index (χ0n) is 7.80. The second-order valence-electron chi connectivity index (χ2n) is 3.00. The van der Waals surface area contributed by atoms with Gasteiger partial charge in [-0.1, -0.05) is 6.07 Å². The number of pyridine rings is 1. The number of hydrogen-bond donors (Lipinski definition) is 1. The minimum Gasteiger partial charge on any atom is -0.478 e. The maximum Gasteiger partial charge on any atom is 0.328 e. The Bertz CT molecular complexity index is 417. The van der Waals surface area contributed by atoms with Crippen molar-refractivity contribution in [3.05, 3.63) is 46.4 Å². The highest BCUT2D eigenvalue weighted by Gasteiger charge is 1.97. The molecule has 1 aromatic heterocycles. The molecule has 1 heterocycles. The van der Waals surface area contributed by atoms with Crippen molar-refractivity contribution in [2.45, 2.75) is 13.5 Å². The van der Waals surface area contributed by atoms with E-state index in [4.69, 9.17) is 5.11 Å². The smallest absolute Gasteiger partial charge is 0.328 e. The molecular weight excluding hydrogens is 182 g/mol. The van der Waals surface area contributed by atoms with Gasteiger partial charge in [0.1, 0.15) is 0 Å². The zero-order valence-corrected chi connectivity index (χ0v) is 7.80. The molecule has 74 valence electrons. The summed E-state index contributed by atoms with van der Waals surface area (Å²) in [4.78, 5) is 21.5. The van der Waals surface area contributed by atoms with E-state index >= 15 is 0 Å². The Kier molecular flexibility index (Phi) is 3.23. The monoisotopic (exact) mass is 193 g/mol. The van der Waals surface area contributed by atoms with Crippen molar-refractivity contribution < 1.29 is 9.90 Å². The van der Waals surface area contributed by atoms with Gasteiger partial charge in [0.25, 0.3) is 5.56 Å². The molecule has 0 radical (unpaired) electrons. The van der Waals surface area contributed by atoms with E-state index in [0.717, 1.165) is 6.08 Å². The van der Waals surface area contributed by atoms with E-state index in [1.54, 1.807) is 25.3 Å². The Morgan fingerprint density at radius 3 is 2.86 bits per heavy atom. The summed E-state index contributed by atoms with van der Waals surface area (Å²) in [5.41, 5.74) is 0.497. The first-order chi connectivity index (χ1) is 6.59. The number of nitrogens with zero attached hydrogens (tertiary/aromatic N) is 1. The van der Waals surface area contributed by atoms with Gasteiger partial charge in [-0.15, -0.1) is 0 Å². The van der Waals surface area contributed by atoms with Crippen molar-refractivity contribution in [2.24, 2.45) is 0 Å². The zero-order chi connectivity index (χ0) is 10.6. The van der Waals surface area contributed by atoms with Crippen LogP contribution in [0.1, 0.15) is 6.92 Å². The molecule has 0 spiro atoms.